The average Bonchev–Trinajstić information content (AvgIpc) is 3.96. The van der Waals surface area contributed by atoms with E-state index in [1.54, 1.807) is 26.8 Å². The molecule has 55 heavy (non-hydrogen) atoms. The number of aromatic nitrogens is 1. The Balaban J connectivity index is 1.26. The quantitative estimate of drug-likeness (QED) is 0.259. The van der Waals surface area contributed by atoms with Crippen LogP contribution in [0, 0.1) is 5.92 Å². The first-order valence-electron chi connectivity index (χ1n) is 18.3. The van der Waals surface area contributed by atoms with Crippen molar-refractivity contribution in [3.63, 3.8) is 0 Å². The number of halogens is 3. The van der Waals surface area contributed by atoms with Crippen LogP contribution in [0.3, 0.4) is 0 Å². The summed E-state index contributed by atoms with van der Waals surface area (Å²) in [6.07, 6.45) is 1.56. The van der Waals surface area contributed by atoms with Crippen molar-refractivity contribution in [3.8, 4) is 5.75 Å². The molecule has 5 amide bonds. The van der Waals surface area contributed by atoms with Gasteiger partial charge in [0.1, 0.15) is 34.7 Å². The van der Waals surface area contributed by atoms with Crippen molar-refractivity contribution in [2.75, 3.05) is 6.54 Å². The van der Waals surface area contributed by atoms with Gasteiger partial charge >= 0.3 is 12.5 Å². The number of benzene rings is 1. The monoisotopic (exact) mass is 794 g/mol. The standard InChI is InChI=1S/C36H45F3N6O9S/c1-34(2,3)54-33(50)42-26-10-8-6-4-5-7-9-21-18-35(21,32(49)44-55(51,52)24-12-13-24)43-30(47)28-17-22(19-45(28)31(26)48)40-29(46)27-16-20-15-23(53-36(37,38)39)11-14-25(20)41-27/h7,9,11,14-16,21-22,24,26,28,41H,4-6,8,10,12-13,17-19H2,1-3H3,(H,40,46)(H,42,50)(H,43,47)(H,44,49)/b9-7-/t21-,22-,26+,28+,35-/m1/s1. The van der Waals surface area contributed by atoms with Crippen molar-refractivity contribution in [2.24, 2.45) is 5.92 Å². The highest BCUT2D eigenvalue weighted by molar-refractivity contribution is 7.91. The first kappa shape index (κ1) is 39.9. The van der Waals surface area contributed by atoms with E-state index in [0.29, 0.717) is 37.6 Å². The molecule has 2 aliphatic carbocycles. The lowest BCUT2D eigenvalue weighted by molar-refractivity contribution is -0.274. The van der Waals surface area contributed by atoms with Crippen LogP contribution < -0.4 is 25.4 Å². The second-order valence-corrected chi connectivity index (χ2v) is 17.6. The maximum Gasteiger partial charge on any atom is 0.573 e. The van der Waals surface area contributed by atoms with Gasteiger partial charge in [-0.05, 0) is 90.0 Å². The van der Waals surface area contributed by atoms with Crippen molar-refractivity contribution in [1.82, 2.24) is 30.6 Å². The van der Waals surface area contributed by atoms with E-state index < -0.39 is 92.3 Å². The minimum absolute atomic E-state index is 0.0102. The van der Waals surface area contributed by atoms with Crippen LogP contribution >= 0.6 is 0 Å². The summed E-state index contributed by atoms with van der Waals surface area (Å²) >= 11 is 0. The van der Waals surface area contributed by atoms with Crippen molar-refractivity contribution in [1.29, 1.82) is 0 Å². The maximum absolute atomic E-state index is 14.3. The molecule has 0 radical (unpaired) electrons. The molecule has 1 aromatic carbocycles. The van der Waals surface area contributed by atoms with E-state index in [-0.39, 0.29) is 36.9 Å². The van der Waals surface area contributed by atoms with Crippen LogP contribution in [0.4, 0.5) is 18.0 Å². The number of fused-ring (bicyclic) bond motifs is 3. The Morgan fingerprint density at radius 3 is 2.44 bits per heavy atom. The third kappa shape index (κ3) is 9.71. The second-order valence-electron chi connectivity index (χ2n) is 15.6. The zero-order valence-electron chi connectivity index (χ0n) is 30.6. The number of alkyl halides is 3. The lowest BCUT2D eigenvalue weighted by Crippen LogP contribution is -2.58. The molecule has 5 atom stereocenters. The average molecular weight is 795 g/mol. The molecular formula is C36H45F3N6O9S. The molecule has 1 saturated heterocycles. The minimum atomic E-state index is -4.91. The Morgan fingerprint density at radius 1 is 1.00 bits per heavy atom. The van der Waals surface area contributed by atoms with Gasteiger partial charge in [-0.3, -0.25) is 23.9 Å². The maximum atomic E-state index is 14.3. The molecule has 2 aromatic rings. The van der Waals surface area contributed by atoms with E-state index in [4.69, 9.17) is 4.74 Å². The van der Waals surface area contributed by atoms with E-state index in [1.807, 2.05) is 6.08 Å². The van der Waals surface area contributed by atoms with E-state index in [2.05, 4.69) is 30.4 Å². The smallest absolute Gasteiger partial charge is 0.444 e. The van der Waals surface area contributed by atoms with Crippen LogP contribution in [0.25, 0.3) is 10.9 Å². The van der Waals surface area contributed by atoms with Gasteiger partial charge in [0.15, 0.2) is 0 Å². The van der Waals surface area contributed by atoms with Crippen LogP contribution in [0.2, 0.25) is 0 Å². The van der Waals surface area contributed by atoms with Crippen molar-refractivity contribution in [3.05, 3.63) is 42.1 Å². The summed E-state index contributed by atoms with van der Waals surface area (Å²) in [5, 5.41) is 7.76. The first-order valence-corrected chi connectivity index (χ1v) is 19.8. The number of alkyl carbamates (subject to hydrolysis) is 1. The van der Waals surface area contributed by atoms with E-state index in [9.17, 15) is 45.6 Å². The fourth-order valence-corrected chi connectivity index (χ4v) is 8.41. The number of allylic oxidation sites excluding steroid dienone is 1. The molecule has 300 valence electrons. The van der Waals surface area contributed by atoms with Gasteiger partial charge in [-0.2, -0.15) is 0 Å². The van der Waals surface area contributed by atoms with E-state index in [0.717, 1.165) is 18.6 Å². The van der Waals surface area contributed by atoms with Crippen molar-refractivity contribution in [2.45, 2.75) is 119 Å². The molecule has 5 N–H and O–H groups in total. The predicted molar refractivity (Wildman–Crippen MR) is 191 cm³/mol. The molecule has 3 fully saturated rings. The van der Waals surface area contributed by atoms with Gasteiger partial charge in [-0.25, -0.2) is 13.2 Å². The van der Waals surface area contributed by atoms with Crippen LogP contribution in [0.15, 0.2) is 36.4 Å². The molecule has 0 bridgehead atoms. The Bertz CT molecular complexity index is 1990. The molecular weight excluding hydrogens is 749 g/mol. The largest absolute Gasteiger partial charge is 0.573 e. The molecule has 0 spiro atoms. The van der Waals surface area contributed by atoms with Crippen LogP contribution in [0.5, 0.6) is 5.75 Å². The fraction of sp³-hybridized carbons (Fsp3) is 0.583. The molecule has 2 aliphatic heterocycles. The normalized spacial score (nSPS) is 27.1. The van der Waals surface area contributed by atoms with Gasteiger partial charge in [-0.1, -0.05) is 25.0 Å². The Labute approximate surface area is 315 Å². The van der Waals surface area contributed by atoms with Gasteiger partial charge in [0.2, 0.25) is 21.8 Å². The summed E-state index contributed by atoms with van der Waals surface area (Å²) < 4.78 is 75.4. The minimum Gasteiger partial charge on any atom is -0.444 e. The lowest BCUT2D eigenvalue weighted by Gasteiger charge is -2.30. The number of aromatic amines is 1. The zero-order chi connectivity index (χ0) is 39.9. The summed E-state index contributed by atoms with van der Waals surface area (Å²) in [4.78, 5) is 72.6. The number of hydrogen-bond donors (Lipinski definition) is 5. The molecule has 1 aromatic heterocycles. The number of hydrogen-bond acceptors (Lipinski definition) is 9. The number of sulfonamides is 1. The molecule has 2 saturated carbocycles. The molecule has 19 heteroatoms. The Kier molecular flexibility index (Phi) is 10.9. The van der Waals surface area contributed by atoms with Crippen molar-refractivity contribution < 1.29 is 55.0 Å². The number of carbonyl (C=O) groups is 5. The van der Waals surface area contributed by atoms with E-state index >= 15 is 0 Å². The number of rotatable bonds is 7. The highest BCUT2D eigenvalue weighted by Gasteiger charge is 2.62. The molecule has 3 heterocycles. The summed E-state index contributed by atoms with van der Waals surface area (Å²) in [5.74, 6) is -3.92. The number of H-pyrrole nitrogens is 1. The number of ether oxygens (including phenoxy) is 2. The SMILES string of the molecule is CC(C)(C)OC(=O)N[C@H]1CCCCC/C=C\[C@@H]2C[C@@]2(C(=O)NS(=O)(=O)C2CC2)NC(=O)[C@@H]2C[C@@H](NC(=O)c3cc4cc(OC(F)(F)F)ccc4[nH]3)CN2C1=O. The summed E-state index contributed by atoms with van der Waals surface area (Å²) in [5.41, 5.74) is -2.13. The lowest BCUT2D eigenvalue weighted by atomic mass is 10.0. The second kappa shape index (κ2) is 15.0. The van der Waals surface area contributed by atoms with Gasteiger partial charge in [0.25, 0.3) is 11.8 Å². The zero-order valence-corrected chi connectivity index (χ0v) is 31.4. The fourth-order valence-electron chi connectivity index (χ4n) is 7.05. The number of amides is 5. The van der Waals surface area contributed by atoms with Crippen molar-refractivity contribution >= 4 is 50.6 Å². The number of nitrogens with zero attached hydrogens (tertiary/aromatic N) is 1. The van der Waals surface area contributed by atoms with Gasteiger partial charge in [0, 0.05) is 29.4 Å². The Morgan fingerprint density at radius 2 is 1.75 bits per heavy atom. The summed E-state index contributed by atoms with van der Waals surface area (Å²) in [6, 6.07) is 1.66. The first-order chi connectivity index (χ1) is 25.7. The third-order valence-electron chi connectivity index (χ3n) is 9.98. The molecule has 4 aliphatic rings. The summed E-state index contributed by atoms with van der Waals surface area (Å²) in [6.45, 7) is 4.82. The topological polar surface area (TPSA) is 205 Å². The molecule has 0 unspecified atom stereocenters. The predicted octanol–water partition coefficient (Wildman–Crippen LogP) is 3.66. The van der Waals surface area contributed by atoms with Crippen LogP contribution in [-0.2, 0) is 29.1 Å². The highest BCUT2D eigenvalue weighted by Crippen LogP contribution is 2.46. The van der Waals surface area contributed by atoms with Gasteiger partial charge < -0.3 is 35.3 Å². The van der Waals surface area contributed by atoms with Crippen LogP contribution in [-0.4, -0.2) is 95.4 Å². The summed E-state index contributed by atoms with van der Waals surface area (Å²) in [7, 11) is -3.96. The molecule has 15 nitrogen and oxygen atoms in total. The van der Waals surface area contributed by atoms with Gasteiger partial charge in [-0.15, -0.1) is 13.2 Å². The van der Waals surface area contributed by atoms with Gasteiger partial charge in [0.05, 0.1) is 5.25 Å². The van der Waals surface area contributed by atoms with E-state index in [1.165, 1.54) is 17.0 Å². The number of nitrogens with one attached hydrogen (secondary N) is 5. The van der Waals surface area contributed by atoms with Crippen LogP contribution in [0.1, 0.15) is 89.0 Å². The highest BCUT2D eigenvalue weighted by atomic mass is 32.2. The third-order valence-corrected chi connectivity index (χ3v) is 11.8. The number of carbonyl (C=O) groups excluding carboxylic acids is 5. The molecule has 6 rings (SSSR count). The Hall–Kier alpha value is -4.81.